The number of nitrogens with zero attached hydrogens (tertiary/aromatic N) is 1. The van der Waals surface area contributed by atoms with Crippen molar-refractivity contribution < 1.29 is 27.5 Å². The van der Waals surface area contributed by atoms with Gasteiger partial charge in [-0.3, -0.25) is 4.79 Å². The lowest BCUT2D eigenvalue weighted by Crippen LogP contribution is -2.35. The molecule has 0 radical (unpaired) electrons. The van der Waals surface area contributed by atoms with Crippen LogP contribution in [0.5, 0.6) is 5.75 Å². The molecule has 0 fully saturated rings. The van der Waals surface area contributed by atoms with Gasteiger partial charge < -0.3 is 20.3 Å². The van der Waals surface area contributed by atoms with Gasteiger partial charge in [0.2, 0.25) is 5.91 Å². The quantitative estimate of drug-likeness (QED) is 0.666. The van der Waals surface area contributed by atoms with Crippen LogP contribution in [0.2, 0.25) is 0 Å². The molecule has 2 aromatic carbocycles. The average molecular weight is 431 g/mol. The van der Waals surface area contributed by atoms with Gasteiger partial charge in [0.1, 0.15) is 5.75 Å². The van der Waals surface area contributed by atoms with Crippen LogP contribution in [0.1, 0.15) is 29.5 Å². The SMILES string of the molecule is CN1Cc2ccc(NC(=O)/C=C3\CCCOc4cc(C(F)(F)F)ccc43)cc2NC1=O. The average Bonchev–Trinajstić information content (AvgIpc) is 2.90. The van der Waals surface area contributed by atoms with E-state index < -0.39 is 17.6 Å². The highest BCUT2D eigenvalue weighted by Crippen LogP contribution is 2.38. The maximum Gasteiger partial charge on any atom is 0.416 e. The van der Waals surface area contributed by atoms with E-state index in [-0.39, 0.29) is 18.4 Å². The Labute approximate surface area is 176 Å². The lowest BCUT2D eigenvalue weighted by molar-refractivity contribution is -0.137. The molecule has 0 aromatic heterocycles. The van der Waals surface area contributed by atoms with Gasteiger partial charge >= 0.3 is 12.2 Å². The van der Waals surface area contributed by atoms with Gasteiger partial charge in [-0.15, -0.1) is 0 Å². The van der Waals surface area contributed by atoms with Crippen molar-refractivity contribution in [1.82, 2.24) is 4.90 Å². The van der Waals surface area contributed by atoms with Crippen LogP contribution in [0.4, 0.5) is 29.3 Å². The Bertz CT molecular complexity index is 1080. The van der Waals surface area contributed by atoms with E-state index in [4.69, 9.17) is 4.74 Å². The van der Waals surface area contributed by atoms with Crippen LogP contribution >= 0.6 is 0 Å². The Kier molecular flexibility index (Phi) is 5.34. The van der Waals surface area contributed by atoms with Crippen LogP contribution in [0, 0.1) is 0 Å². The molecule has 3 amide bonds. The molecule has 0 spiro atoms. The highest BCUT2D eigenvalue weighted by atomic mass is 19.4. The largest absolute Gasteiger partial charge is 0.493 e. The highest BCUT2D eigenvalue weighted by molar-refractivity contribution is 6.05. The molecule has 31 heavy (non-hydrogen) atoms. The number of carbonyl (C=O) groups is 2. The van der Waals surface area contributed by atoms with Crippen LogP contribution in [-0.4, -0.2) is 30.5 Å². The lowest BCUT2D eigenvalue weighted by Gasteiger charge is -2.26. The summed E-state index contributed by atoms with van der Waals surface area (Å²) in [4.78, 5) is 26.0. The molecule has 0 saturated carbocycles. The molecule has 2 heterocycles. The zero-order chi connectivity index (χ0) is 22.2. The van der Waals surface area contributed by atoms with Crippen molar-refractivity contribution >= 4 is 28.9 Å². The Morgan fingerprint density at radius 2 is 2.03 bits per heavy atom. The van der Waals surface area contributed by atoms with Gasteiger partial charge in [-0.2, -0.15) is 13.2 Å². The zero-order valence-corrected chi connectivity index (χ0v) is 16.7. The molecule has 4 rings (SSSR count). The van der Waals surface area contributed by atoms with Crippen molar-refractivity contribution in [2.75, 3.05) is 24.3 Å². The number of carbonyl (C=O) groups excluding carboxylic acids is 2. The van der Waals surface area contributed by atoms with Crippen molar-refractivity contribution in [3.05, 3.63) is 59.2 Å². The first-order valence-electron chi connectivity index (χ1n) is 9.72. The summed E-state index contributed by atoms with van der Waals surface area (Å²) in [6.45, 7) is 0.738. The number of benzene rings is 2. The van der Waals surface area contributed by atoms with E-state index >= 15 is 0 Å². The maximum absolute atomic E-state index is 13.0. The number of nitrogens with one attached hydrogen (secondary N) is 2. The standard InChI is InChI=1S/C22H20F3N3O3/c1-28-12-14-4-6-16(11-18(14)27-21(28)30)26-20(29)9-13-3-2-8-31-19-10-15(22(23,24)25)5-7-17(13)19/h4-7,9-11H,2-3,8,12H2,1H3,(H,26,29)(H,27,30)/b13-9+. The summed E-state index contributed by atoms with van der Waals surface area (Å²) in [7, 11) is 1.69. The molecule has 2 N–H and O–H groups in total. The van der Waals surface area contributed by atoms with Crippen LogP contribution in [0.3, 0.4) is 0 Å². The smallest absolute Gasteiger partial charge is 0.416 e. The monoisotopic (exact) mass is 431 g/mol. The molecule has 0 bridgehead atoms. The summed E-state index contributed by atoms with van der Waals surface area (Å²) >= 11 is 0. The Hall–Kier alpha value is -3.49. The van der Waals surface area contributed by atoms with Crippen LogP contribution in [0.25, 0.3) is 5.57 Å². The van der Waals surface area contributed by atoms with E-state index in [9.17, 15) is 22.8 Å². The first kappa shape index (κ1) is 20.8. The molecule has 2 aromatic rings. The van der Waals surface area contributed by atoms with Gasteiger partial charge in [0.15, 0.2) is 0 Å². The number of urea groups is 1. The van der Waals surface area contributed by atoms with E-state index in [1.54, 1.807) is 24.1 Å². The number of hydrogen-bond donors (Lipinski definition) is 2. The van der Waals surface area contributed by atoms with Gasteiger partial charge in [-0.05, 0) is 48.2 Å². The second kappa shape index (κ2) is 7.98. The molecule has 6 nitrogen and oxygen atoms in total. The summed E-state index contributed by atoms with van der Waals surface area (Å²) in [6, 6.07) is 8.30. The summed E-state index contributed by atoms with van der Waals surface area (Å²) in [5, 5.41) is 5.51. The van der Waals surface area contributed by atoms with E-state index in [1.165, 1.54) is 12.1 Å². The highest BCUT2D eigenvalue weighted by Gasteiger charge is 2.32. The fourth-order valence-corrected chi connectivity index (χ4v) is 3.60. The van der Waals surface area contributed by atoms with E-state index in [1.807, 2.05) is 6.07 Å². The van der Waals surface area contributed by atoms with Crippen molar-refractivity contribution in [3.8, 4) is 5.75 Å². The van der Waals surface area contributed by atoms with E-state index in [2.05, 4.69) is 10.6 Å². The van der Waals surface area contributed by atoms with Gasteiger partial charge in [0.25, 0.3) is 0 Å². The second-order valence-corrected chi connectivity index (χ2v) is 7.48. The van der Waals surface area contributed by atoms with Gasteiger partial charge in [0, 0.05) is 36.6 Å². The molecule has 162 valence electrons. The molecule has 2 aliphatic heterocycles. The molecule has 0 saturated heterocycles. The summed E-state index contributed by atoms with van der Waals surface area (Å²) in [5.41, 5.74) is 2.34. The zero-order valence-electron chi connectivity index (χ0n) is 16.7. The third-order valence-electron chi connectivity index (χ3n) is 5.18. The lowest BCUT2D eigenvalue weighted by atomic mass is 9.99. The van der Waals surface area contributed by atoms with Crippen LogP contribution < -0.4 is 15.4 Å². The fraction of sp³-hybridized carbons (Fsp3) is 0.273. The number of anilines is 2. The minimum Gasteiger partial charge on any atom is -0.493 e. The molecule has 2 aliphatic rings. The Balaban J connectivity index is 1.56. The second-order valence-electron chi connectivity index (χ2n) is 7.48. The number of ether oxygens (including phenoxy) is 1. The molecule has 0 atom stereocenters. The van der Waals surface area contributed by atoms with Crippen LogP contribution in [-0.2, 0) is 17.5 Å². The molecular formula is C22H20F3N3O3. The number of fused-ring (bicyclic) bond motifs is 2. The van der Waals surface area contributed by atoms with Crippen molar-refractivity contribution in [2.45, 2.75) is 25.6 Å². The molecule has 9 heteroatoms. The fourth-order valence-electron chi connectivity index (χ4n) is 3.60. The normalized spacial score (nSPS) is 17.2. The Morgan fingerprint density at radius 3 is 2.81 bits per heavy atom. The van der Waals surface area contributed by atoms with Crippen LogP contribution in [0.15, 0.2) is 42.5 Å². The minimum absolute atomic E-state index is 0.118. The molecule has 0 unspecified atom stereocenters. The first-order chi connectivity index (χ1) is 14.7. The van der Waals surface area contributed by atoms with Crippen molar-refractivity contribution in [2.24, 2.45) is 0 Å². The third kappa shape index (κ3) is 4.50. The number of hydrogen-bond acceptors (Lipinski definition) is 3. The van der Waals surface area contributed by atoms with Gasteiger partial charge in [-0.1, -0.05) is 12.1 Å². The number of halogens is 3. The molecular weight excluding hydrogens is 411 g/mol. The topological polar surface area (TPSA) is 70.7 Å². The summed E-state index contributed by atoms with van der Waals surface area (Å²) in [6.07, 6.45) is -2.01. The number of alkyl halides is 3. The van der Waals surface area contributed by atoms with Gasteiger partial charge in [-0.25, -0.2) is 4.79 Å². The summed E-state index contributed by atoms with van der Waals surface area (Å²) in [5.74, 6) is -0.297. The third-order valence-corrected chi connectivity index (χ3v) is 5.18. The Morgan fingerprint density at radius 1 is 1.23 bits per heavy atom. The molecule has 0 aliphatic carbocycles. The first-order valence-corrected chi connectivity index (χ1v) is 9.72. The summed E-state index contributed by atoms with van der Waals surface area (Å²) < 4.78 is 44.5. The predicted molar refractivity (Wildman–Crippen MR) is 110 cm³/mol. The number of allylic oxidation sites excluding steroid dienone is 1. The number of amides is 3. The van der Waals surface area contributed by atoms with Crippen molar-refractivity contribution in [3.63, 3.8) is 0 Å². The van der Waals surface area contributed by atoms with E-state index in [0.717, 1.165) is 17.7 Å². The van der Waals surface area contributed by atoms with Gasteiger partial charge in [0.05, 0.1) is 12.2 Å². The van der Waals surface area contributed by atoms with E-state index in [0.29, 0.717) is 41.9 Å². The maximum atomic E-state index is 13.0. The minimum atomic E-state index is -4.47. The predicted octanol–water partition coefficient (Wildman–Crippen LogP) is 4.88. The van der Waals surface area contributed by atoms with Crippen molar-refractivity contribution in [1.29, 1.82) is 0 Å². The number of rotatable bonds is 2.